The van der Waals surface area contributed by atoms with Gasteiger partial charge in [-0.05, 0) is 234 Å². The molecule has 0 aliphatic rings. The quantitative estimate of drug-likeness (QED) is 0.121. The smallest absolute Gasteiger partial charge is 0.143 e. The van der Waals surface area contributed by atoms with Gasteiger partial charge in [0.15, 0.2) is 0 Å². The Bertz CT molecular complexity index is 9290. The summed E-state index contributed by atoms with van der Waals surface area (Å²) in [5.74, 6) is 0. The predicted octanol–water partition coefficient (Wildman–Crippen LogP) is 36.1. The molecule has 0 atom stereocenters. The second-order valence-electron chi connectivity index (χ2n) is 34.5. The Labute approximate surface area is 742 Å². The van der Waals surface area contributed by atoms with E-state index in [1.807, 2.05) is 6.07 Å². The summed E-state index contributed by atoms with van der Waals surface area (Å²) < 4.78 is 21.3. The maximum absolute atomic E-state index is 7.36. The van der Waals surface area contributed by atoms with Gasteiger partial charge in [-0.15, -0.1) is 0 Å². The molecule has 3 nitrogen and oxygen atoms in total. The molecular weight excluding hydrogens is 1560 g/mol. The standard InChI is InChI=1S/C126H74O3/c1-2-29-78-70-80(67-62-75(78)28-1)79-31-21-32-83(71-79)118-96-39-9-13-43-100(96)121(101-44-14-10-40-97(101)118)109-57-25-55-107-113-73-82(68-69-115(113)128-125(107)109)112-74-84(72-81-30-3-4-33-86(81)112)87-34-5-6-36-92(87)119-102-45-15-17-47-104(102)122(105-48-18-16-46-103(105)119)110-58-26-59-111-123-93(53-27-61-116(123)129-126(110)111)90-52-23-50-88-85(49-22-51-89(88)90)76-63-65-77(66-64-76)117-94-37-7-11-41-98(94)120(99-42-12-8-38-95(99)117)108-56-24-54-106-91-35-19-20-60-114(91)127-124(106)108/h1-74H. The molecule has 0 aliphatic carbocycles. The van der Waals surface area contributed by atoms with E-state index in [9.17, 15) is 0 Å². The number of hydrogen-bond donors (Lipinski definition) is 0. The summed E-state index contributed by atoms with van der Waals surface area (Å²) in [4.78, 5) is 0. The minimum absolute atomic E-state index is 0.843. The van der Waals surface area contributed by atoms with Crippen LogP contribution in [0.5, 0.6) is 0 Å². The molecule has 0 spiro atoms. The fraction of sp³-hybridized carbons (Fsp3) is 0. The third-order valence-electron chi connectivity index (χ3n) is 27.6. The van der Waals surface area contributed by atoms with Crippen LogP contribution < -0.4 is 0 Å². The first-order valence-electron chi connectivity index (χ1n) is 44.5. The molecule has 0 radical (unpaired) electrons. The zero-order chi connectivity index (χ0) is 84.5. The molecule has 596 valence electrons. The lowest BCUT2D eigenvalue weighted by atomic mass is 9.83. The Morgan fingerprint density at radius 3 is 1.05 bits per heavy atom. The number of rotatable bonds is 11. The van der Waals surface area contributed by atoms with Crippen molar-refractivity contribution in [2.24, 2.45) is 0 Å². The second kappa shape index (κ2) is 28.8. The lowest BCUT2D eigenvalue weighted by molar-refractivity contribution is 0.670. The van der Waals surface area contributed by atoms with Gasteiger partial charge in [0, 0.05) is 65.7 Å². The monoisotopic (exact) mass is 1630 g/mol. The Balaban J connectivity index is 0.547. The zero-order valence-electron chi connectivity index (χ0n) is 69.9. The topological polar surface area (TPSA) is 39.4 Å². The number of hydrogen-bond acceptors (Lipinski definition) is 3. The molecule has 0 saturated heterocycles. The second-order valence-corrected chi connectivity index (χ2v) is 34.5. The van der Waals surface area contributed by atoms with Crippen LogP contribution in [0.2, 0.25) is 0 Å². The van der Waals surface area contributed by atoms with E-state index < -0.39 is 0 Å². The van der Waals surface area contributed by atoms with Crippen molar-refractivity contribution in [1.29, 1.82) is 0 Å². The average Bonchev–Trinajstić information content (AvgIpc) is 1.17. The third-order valence-corrected chi connectivity index (χ3v) is 27.6. The molecule has 0 aliphatic heterocycles. The van der Waals surface area contributed by atoms with E-state index in [4.69, 9.17) is 13.3 Å². The van der Waals surface area contributed by atoms with Crippen LogP contribution >= 0.6 is 0 Å². The summed E-state index contributed by atoms with van der Waals surface area (Å²) in [7, 11) is 0. The maximum Gasteiger partial charge on any atom is 0.143 e. The van der Waals surface area contributed by atoms with Crippen molar-refractivity contribution in [2.45, 2.75) is 0 Å². The summed E-state index contributed by atoms with van der Waals surface area (Å²) in [6.07, 6.45) is 0. The van der Waals surface area contributed by atoms with Gasteiger partial charge in [-0.3, -0.25) is 0 Å². The first-order valence-corrected chi connectivity index (χ1v) is 44.5. The number of fused-ring (bicyclic) bond motifs is 18. The lowest BCUT2D eigenvalue weighted by Gasteiger charge is -2.20. The zero-order valence-corrected chi connectivity index (χ0v) is 69.9. The lowest BCUT2D eigenvalue weighted by Crippen LogP contribution is -1.93. The van der Waals surface area contributed by atoms with Crippen molar-refractivity contribution >= 4 is 163 Å². The molecule has 0 unspecified atom stereocenters. The molecule has 27 rings (SSSR count). The number of furan rings is 3. The highest BCUT2D eigenvalue weighted by Gasteiger charge is 2.28. The van der Waals surface area contributed by atoms with Crippen molar-refractivity contribution in [3.63, 3.8) is 0 Å². The molecule has 24 aromatic carbocycles. The van der Waals surface area contributed by atoms with Crippen LogP contribution in [0.25, 0.3) is 285 Å². The first kappa shape index (κ1) is 72.5. The van der Waals surface area contributed by atoms with Gasteiger partial charge in [0.25, 0.3) is 0 Å². The van der Waals surface area contributed by atoms with Gasteiger partial charge in [0.05, 0.1) is 0 Å². The third kappa shape index (κ3) is 11.2. The molecule has 3 heteroatoms. The van der Waals surface area contributed by atoms with Gasteiger partial charge in [0.1, 0.15) is 33.5 Å². The van der Waals surface area contributed by atoms with E-state index in [2.05, 4.69) is 443 Å². The van der Waals surface area contributed by atoms with E-state index >= 15 is 0 Å². The minimum Gasteiger partial charge on any atom is -0.455 e. The SMILES string of the molecule is c1cc(-c2ccc3ccccc3c2)cc(-c2c3ccccc3c(-c3cccc4c3oc3ccc(-c5cc(-c6ccccc6-c6c7ccccc7c(-c7cccc8c7oc7cccc(-c9cccc%10c(-c%11ccc(-c%12c%13ccccc%13c(-c%13cccc%14c%13oc%13ccccc%13%14)c%13ccccc%12%13)cc%11)cccc9%10)c78)c7ccccc67)cc6ccccc56)cc34)c3ccccc23)c1. The molecule has 129 heavy (non-hydrogen) atoms. The molecule has 0 fully saturated rings. The molecule has 27 aromatic rings. The van der Waals surface area contributed by atoms with E-state index in [1.54, 1.807) is 0 Å². The van der Waals surface area contributed by atoms with E-state index in [0.29, 0.717) is 0 Å². The van der Waals surface area contributed by atoms with Crippen LogP contribution in [0.4, 0.5) is 0 Å². The van der Waals surface area contributed by atoms with Gasteiger partial charge < -0.3 is 13.3 Å². The Kier molecular flexibility index (Phi) is 16.2. The molecule has 0 amide bonds. The van der Waals surface area contributed by atoms with Crippen molar-refractivity contribution < 1.29 is 13.3 Å². The molecule has 3 aromatic heterocycles. The predicted molar refractivity (Wildman–Crippen MR) is 546 cm³/mol. The van der Waals surface area contributed by atoms with Crippen LogP contribution in [0, 0.1) is 0 Å². The molecular formula is C126H74O3. The summed E-state index contributed by atoms with van der Waals surface area (Å²) >= 11 is 0. The van der Waals surface area contributed by atoms with Gasteiger partial charge in [-0.1, -0.05) is 400 Å². The van der Waals surface area contributed by atoms with Crippen LogP contribution in [-0.4, -0.2) is 0 Å². The molecule has 0 saturated carbocycles. The highest BCUT2D eigenvalue weighted by Crippen LogP contribution is 2.55. The average molecular weight is 1640 g/mol. The summed E-state index contributed by atoms with van der Waals surface area (Å²) in [5, 5.41) is 27.9. The highest BCUT2D eigenvalue weighted by atomic mass is 16.3. The Hall–Kier alpha value is -17.0. The first-order chi connectivity index (χ1) is 64.0. The molecule has 0 N–H and O–H groups in total. The van der Waals surface area contributed by atoms with Gasteiger partial charge in [-0.25, -0.2) is 0 Å². The number of para-hydroxylation sites is 4. The van der Waals surface area contributed by atoms with Crippen LogP contribution in [0.15, 0.2) is 462 Å². The van der Waals surface area contributed by atoms with Gasteiger partial charge >= 0.3 is 0 Å². The minimum atomic E-state index is 0.843. The largest absolute Gasteiger partial charge is 0.455 e. The Morgan fingerprint density at radius 2 is 0.457 bits per heavy atom. The van der Waals surface area contributed by atoms with E-state index in [-0.39, 0.29) is 0 Å². The fourth-order valence-corrected chi connectivity index (χ4v) is 22.0. The van der Waals surface area contributed by atoms with Crippen LogP contribution in [0.1, 0.15) is 0 Å². The fourth-order valence-electron chi connectivity index (χ4n) is 22.0. The summed E-state index contributed by atoms with van der Waals surface area (Å²) in [5.41, 5.74) is 30.6. The molecule has 3 heterocycles. The van der Waals surface area contributed by atoms with Crippen LogP contribution in [-0.2, 0) is 0 Å². The van der Waals surface area contributed by atoms with Crippen LogP contribution in [0.3, 0.4) is 0 Å². The van der Waals surface area contributed by atoms with Crippen molar-refractivity contribution in [3.05, 3.63) is 449 Å². The normalized spacial score (nSPS) is 12.0. The highest BCUT2D eigenvalue weighted by molar-refractivity contribution is 6.30. The van der Waals surface area contributed by atoms with E-state index in [0.717, 1.165) is 171 Å². The Morgan fingerprint density at radius 1 is 0.116 bits per heavy atom. The van der Waals surface area contributed by atoms with Crippen molar-refractivity contribution in [1.82, 2.24) is 0 Å². The summed E-state index contributed by atoms with van der Waals surface area (Å²) in [6, 6.07) is 165. The van der Waals surface area contributed by atoms with Crippen molar-refractivity contribution in [3.8, 4) is 122 Å². The maximum atomic E-state index is 7.36. The van der Waals surface area contributed by atoms with E-state index in [1.165, 1.54) is 115 Å². The number of benzene rings is 24. The summed E-state index contributed by atoms with van der Waals surface area (Å²) in [6.45, 7) is 0. The van der Waals surface area contributed by atoms with Gasteiger partial charge in [0.2, 0.25) is 0 Å². The van der Waals surface area contributed by atoms with Gasteiger partial charge in [-0.2, -0.15) is 0 Å². The van der Waals surface area contributed by atoms with Crippen molar-refractivity contribution in [2.75, 3.05) is 0 Å². The molecule has 0 bridgehead atoms.